The Morgan fingerprint density at radius 3 is 2.85 bits per heavy atom. The van der Waals surface area contributed by atoms with Crippen LogP contribution in [0, 0.1) is 0 Å². The predicted octanol–water partition coefficient (Wildman–Crippen LogP) is 2.36. The number of methoxy groups -OCH3 is 2. The van der Waals surface area contributed by atoms with Gasteiger partial charge >= 0.3 is 0 Å². The quantitative estimate of drug-likeness (QED) is 0.898. The van der Waals surface area contributed by atoms with Crippen LogP contribution in [0.1, 0.15) is 37.0 Å². The number of ether oxygens (including phenoxy) is 2. The van der Waals surface area contributed by atoms with Crippen molar-refractivity contribution in [1.29, 1.82) is 0 Å². The molecule has 4 nitrogen and oxygen atoms in total. The fourth-order valence-corrected chi connectivity index (χ4v) is 2.77. The van der Waals surface area contributed by atoms with Crippen LogP contribution in [0.15, 0.2) is 18.2 Å². The van der Waals surface area contributed by atoms with Gasteiger partial charge in [-0.1, -0.05) is 6.07 Å². The lowest BCUT2D eigenvalue weighted by atomic mass is 10.0. The standard InChI is InChI=1S/C16H25NO3/c1-12(18)13-6-7-16(20-3)14(9-13)10-17-8-4-5-15(11-17)19-2/h6-7,9,12,15,18H,4-5,8,10-11H2,1-3H3. The first kappa shape index (κ1) is 15.3. The fraction of sp³-hybridized carbons (Fsp3) is 0.625. The lowest BCUT2D eigenvalue weighted by molar-refractivity contribution is 0.0283. The summed E-state index contributed by atoms with van der Waals surface area (Å²) in [5.74, 6) is 0.883. The molecule has 0 radical (unpaired) electrons. The lowest BCUT2D eigenvalue weighted by Gasteiger charge is -2.32. The topological polar surface area (TPSA) is 41.9 Å². The maximum Gasteiger partial charge on any atom is 0.123 e. The van der Waals surface area contributed by atoms with E-state index in [9.17, 15) is 5.11 Å². The van der Waals surface area contributed by atoms with Crippen molar-refractivity contribution in [2.45, 2.75) is 38.5 Å². The van der Waals surface area contributed by atoms with Gasteiger partial charge in [0.05, 0.1) is 19.3 Å². The minimum Gasteiger partial charge on any atom is -0.496 e. The van der Waals surface area contributed by atoms with E-state index in [1.165, 1.54) is 0 Å². The normalized spacial score (nSPS) is 21.7. The number of piperidine rings is 1. The summed E-state index contributed by atoms with van der Waals surface area (Å²) in [6, 6.07) is 5.90. The summed E-state index contributed by atoms with van der Waals surface area (Å²) < 4.78 is 10.9. The number of hydrogen-bond acceptors (Lipinski definition) is 4. The molecule has 0 saturated carbocycles. The molecule has 1 aliphatic heterocycles. The highest BCUT2D eigenvalue weighted by atomic mass is 16.5. The third-order valence-electron chi connectivity index (χ3n) is 3.98. The summed E-state index contributed by atoms with van der Waals surface area (Å²) in [7, 11) is 3.47. The number of hydrogen-bond donors (Lipinski definition) is 1. The van der Waals surface area contributed by atoms with Crippen LogP contribution in [-0.2, 0) is 11.3 Å². The highest BCUT2D eigenvalue weighted by Crippen LogP contribution is 2.26. The van der Waals surface area contributed by atoms with Gasteiger partial charge in [-0.15, -0.1) is 0 Å². The van der Waals surface area contributed by atoms with E-state index in [0.29, 0.717) is 6.10 Å². The van der Waals surface area contributed by atoms with Crippen LogP contribution in [-0.4, -0.2) is 43.4 Å². The number of nitrogens with zero attached hydrogens (tertiary/aromatic N) is 1. The monoisotopic (exact) mass is 279 g/mol. The summed E-state index contributed by atoms with van der Waals surface area (Å²) in [4.78, 5) is 2.39. The summed E-state index contributed by atoms with van der Waals surface area (Å²) in [6.07, 6.45) is 2.18. The summed E-state index contributed by atoms with van der Waals surface area (Å²) in [5, 5.41) is 9.72. The van der Waals surface area contributed by atoms with Crippen LogP contribution in [0.3, 0.4) is 0 Å². The molecule has 2 atom stereocenters. The Morgan fingerprint density at radius 1 is 1.40 bits per heavy atom. The van der Waals surface area contributed by atoms with Crippen molar-refractivity contribution in [3.8, 4) is 5.75 Å². The van der Waals surface area contributed by atoms with E-state index in [1.807, 2.05) is 18.2 Å². The number of aliphatic hydroxyl groups excluding tert-OH is 1. The zero-order chi connectivity index (χ0) is 14.5. The molecule has 0 aliphatic carbocycles. The van der Waals surface area contributed by atoms with Gasteiger partial charge in [0.15, 0.2) is 0 Å². The third kappa shape index (κ3) is 3.72. The molecule has 1 heterocycles. The first-order valence-corrected chi connectivity index (χ1v) is 7.24. The molecule has 0 bridgehead atoms. The van der Waals surface area contributed by atoms with Crippen LogP contribution in [0.4, 0.5) is 0 Å². The Labute approximate surface area is 121 Å². The Morgan fingerprint density at radius 2 is 2.20 bits per heavy atom. The van der Waals surface area contributed by atoms with E-state index >= 15 is 0 Å². The van der Waals surface area contributed by atoms with E-state index < -0.39 is 6.10 Å². The average molecular weight is 279 g/mol. The zero-order valence-corrected chi connectivity index (χ0v) is 12.6. The number of rotatable bonds is 5. The minimum absolute atomic E-state index is 0.328. The van der Waals surface area contributed by atoms with Crippen molar-refractivity contribution < 1.29 is 14.6 Å². The summed E-state index contributed by atoms with van der Waals surface area (Å²) >= 11 is 0. The van der Waals surface area contributed by atoms with Crippen LogP contribution >= 0.6 is 0 Å². The molecule has 1 aromatic rings. The van der Waals surface area contributed by atoms with Crippen molar-refractivity contribution in [1.82, 2.24) is 4.90 Å². The highest BCUT2D eigenvalue weighted by Gasteiger charge is 2.20. The second-order valence-corrected chi connectivity index (χ2v) is 5.48. The Hall–Kier alpha value is -1.10. The number of aliphatic hydroxyl groups is 1. The molecule has 1 fully saturated rings. The van der Waals surface area contributed by atoms with E-state index in [0.717, 1.165) is 49.4 Å². The second kappa shape index (κ2) is 7.07. The van der Waals surface area contributed by atoms with Gasteiger partial charge in [0.25, 0.3) is 0 Å². The van der Waals surface area contributed by atoms with Gasteiger partial charge in [-0.05, 0) is 44.0 Å². The molecule has 1 saturated heterocycles. The lowest BCUT2D eigenvalue weighted by Crippen LogP contribution is -2.38. The van der Waals surface area contributed by atoms with Gasteiger partial charge in [0.2, 0.25) is 0 Å². The molecule has 4 heteroatoms. The van der Waals surface area contributed by atoms with Crippen molar-refractivity contribution in [3.05, 3.63) is 29.3 Å². The predicted molar refractivity (Wildman–Crippen MR) is 78.9 cm³/mol. The van der Waals surface area contributed by atoms with Crippen LogP contribution in [0.5, 0.6) is 5.75 Å². The van der Waals surface area contributed by atoms with Gasteiger partial charge in [0.1, 0.15) is 5.75 Å². The van der Waals surface area contributed by atoms with Crippen molar-refractivity contribution in [2.24, 2.45) is 0 Å². The largest absolute Gasteiger partial charge is 0.496 e. The maximum absolute atomic E-state index is 9.72. The molecular formula is C16H25NO3. The smallest absolute Gasteiger partial charge is 0.123 e. The molecular weight excluding hydrogens is 254 g/mol. The molecule has 0 spiro atoms. The second-order valence-electron chi connectivity index (χ2n) is 5.48. The first-order valence-electron chi connectivity index (χ1n) is 7.24. The number of benzene rings is 1. The van der Waals surface area contributed by atoms with Gasteiger partial charge in [-0.25, -0.2) is 0 Å². The SMILES string of the molecule is COc1ccc(C(C)O)cc1CN1CCCC(OC)C1. The zero-order valence-electron chi connectivity index (χ0n) is 12.6. The van der Waals surface area contributed by atoms with Crippen LogP contribution in [0.25, 0.3) is 0 Å². The Bertz CT molecular complexity index is 434. The van der Waals surface area contributed by atoms with Gasteiger partial charge < -0.3 is 14.6 Å². The molecule has 2 rings (SSSR count). The van der Waals surface area contributed by atoms with E-state index in [4.69, 9.17) is 9.47 Å². The molecule has 1 aliphatic rings. The van der Waals surface area contributed by atoms with E-state index in [1.54, 1.807) is 21.1 Å². The molecule has 0 aromatic heterocycles. The van der Waals surface area contributed by atoms with Gasteiger partial charge in [0, 0.05) is 25.8 Å². The van der Waals surface area contributed by atoms with Crippen LogP contribution in [0.2, 0.25) is 0 Å². The summed E-state index contributed by atoms with van der Waals surface area (Å²) in [5.41, 5.74) is 2.06. The van der Waals surface area contributed by atoms with Crippen molar-refractivity contribution in [2.75, 3.05) is 27.3 Å². The Balaban J connectivity index is 2.12. The first-order chi connectivity index (χ1) is 9.63. The van der Waals surface area contributed by atoms with Crippen LogP contribution < -0.4 is 4.74 Å². The van der Waals surface area contributed by atoms with Crippen molar-refractivity contribution in [3.63, 3.8) is 0 Å². The van der Waals surface area contributed by atoms with Gasteiger partial charge in [-0.2, -0.15) is 0 Å². The third-order valence-corrected chi connectivity index (χ3v) is 3.98. The fourth-order valence-electron chi connectivity index (χ4n) is 2.77. The number of likely N-dealkylation sites (tertiary alicyclic amines) is 1. The molecule has 20 heavy (non-hydrogen) atoms. The van der Waals surface area contributed by atoms with Gasteiger partial charge in [-0.3, -0.25) is 4.90 Å². The minimum atomic E-state index is -0.451. The molecule has 0 amide bonds. The van der Waals surface area contributed by atoms with E-state index in [2.05, 4.69) is 4.90 Å². The van der Waals surface area contributed by atoms with Crippen molar-refractivity contribution >= 4 is 0 Å². The highest BCUT2D eigenvalue weighted by molar-refractivity contribution is 5.38. The molecule has 2 unspecified atom stereocenters. The summed E-state index contributed by atoms with van der Waals surface area (Å²) in [6.45, 7) is 4.66. The van der Waals surface area contributed by atoms with E-state index in [-0.39, 0.29) is 0 Å². The molecule has 1 N–H and O–H groups in total. The Kier molecular flexibility index (Phi) is 5.40. The average Bonchev–Trinajstić information content (AvgIpc) is 2.47. The maximum atomic E-state index is 9.72. The molecule has 1 aromatic carbocycles. The molecule has 112 valence electrons.